The van der Waals surface area contributed by atoms with E-state index < -0.39 is 24.1 Å². The number of ether oxygens (including phenoxy) is 2. The minimum atomic E-state index is -4.43. The van der Waals surface area contributed by atoms with Crippen molar-refractivity contribution in [1.29, 1.82) is 0 Å². The van der Waals surface area contributed by atoms with E-state index in [-0.39, 0.29) is 5.69 Å². The maximum Gasteiger partial charge on any atom is 0.418 e. The van der Waals surface area contributed by atoms with Crippen molar-refractivity contribution in [3.8, 4) is 0 Å². The molecule has 19 heavy (non-hydrogen) atoms. The van der Waals surface area contributed by atoms with E-state index in [9.17, 15) is 13.2 Å². The van der Waals surface area contributed by atoms with Crippen molar-refractivity contribution in [2.45, 2.75) is 25.4 Å². The second-order valence-electron chi connectivity index (χ2n) is 3.96. The molecular formula is C12H15BrF3NO2. The van der Waals surface area contributed by atoms with Crippen LogP contribution in [0.1, 0.15) is 12.5 Å². The first-order valence-corrected chi connectivity index (χ1v) is 6.27. The van der Waals surface area contributed by atoms with Crippen molar-refractivity contribution >= 4 is 21.6 Å². The van der Waals surface area contributed by atoms with Crippen molar-refractivity contribution < 1.29 is 22.6 Å². The number of benzene rings is 1. The van der Waals surface area contributed by atoms with Gasteiger partial charge in [-0.05, 0) is 25.1 Å². The fraction of sp³-hybridized carbons (Fsp3) is 0.500. The molecule has 1 atom stereocenters. The Labute approximate surface area is 118 Å². The largest absolute Gasteiger partial charge is 0.418 e. The van der Waals surface area contributed by atoms with E-state index in [1.807, 2.05) is 0 Å². The first-order chi connectivity index (χ1) is 8.79. The van der Waals surface area contributed by atoms with Gasteiger partial charge in [0.25, 0.3) is 0 Å². The SMILES string of the molecule is COC(OC)C(C)Nc1ccc(Br)cc1C(F)(F)F. The summed E-state index contributed by atoms with van der Waals surface area (Å²) in [5.41, 5.74) is -0.748. The standard InChI is InChI=1S/C12H15BrF3NO2/c1-7(11(18-2)19-3)17-10-5-4-8(13)6-9(10)12(14,15)16/h4-7,11,17H,1-3H3. The molecule has 0 aliphatic heterocycles. The van der Waals surface area contributed by atoms with Gasteiger partial charge in [-0.15, -0.1) is 0 Å². The lowest BCUT2D eigenvalue weighted by Crippen LogP contribution is -2.34. The lowest BCUT2D eigenvalue weighted by molar-refractivity contribution is -0.137. The van der Waals surface area contributed by atoms with Gasteiger partial charge in [-0.3, -0.25) is 0 Å². The van der Waals surface area contributed by atoms with Crippen molar-refractivity contribution in [3.05, 3.63) is 28.2 Å². The minimum Gasteiger partial charge on any atom is -0.377 e. The smallest absolute Gasteiger partial charge is 0.377 e. The Morgan fingerprint density at radius 3 is 2.26 bits per heavy atom. The van der Waals surface area contributed by atoms with Crippen molar-refractivity contribution in [1.82, 2.24) is 0 Å². The van der Waals surface area contributed by atoms with Gasteiger partial charge in [0.05, 0.1) is 11.6 Å². The van der Waals surface area contributed by atoms with E-state index in [4.69, 9.17) is 9.47 Å². The molecule has 1 N–H and O–H groups in total. The molecule has 1 aromatic carbocycles. The Morgan fingerprint density at radius 1 is 1.21 bits per heavy atom. The average molecular weight is 342 g/mol. The van der Waals surface area contributed by atoms with Crippen LogP contribution in [0, 0.1) is 0 Å². The third-order valence-electron chi connectivity index (χ3n) is 2.54. The summed E-state index contributed by atoms with van der Waals surface area (Å²) in [6.45, 7) is 1.68. The quantitative estimate of drug-likeness (QED) is 0.824. The summed E-state index contributed by atoms with van der Waals surface area (Å²) in [5.74, 6) is 0. The average Bonchev–Trinajstić information content (AvgIpc) is 2.31. The maximum absolute atomic E-state index is 12.9. The molecule has 0 amide bonds. The first kappa shape index (κ1) is 16.3. The first-order valence-electron chi connectivity index (χ1n) is 5.48. The molecule has 1 aromatic rings. The zero-order chi connectivity index (χ0) is 14.6. The van der Waals surface area contributed by atoms with Gasteiger partial charge in [0.2, 0.25) is 0 Å². The highest BCUT2D eigenvalue weighted by Crippen LogP contribution is 2.36. The molecule has 3 nitrogen and oxygen atoms in total. The fourth-order valence-electron chi connectivity index (χ4n) is 1.69. The zero-order valence-corrected chi connectivity index (χ0v) is 12.3. The van der Waals surface area contributed by atoms with E-state index >= 15 is 0 Å². The van der Waals surface area contributed by atoms with Gasteiger partial charge in [0.15, 0.2) is 6.29 Å². The second kappa shape index (κ2) is 6.58. The van der Waals surface area contributed by atoms with Gasteiger partial charge in [0.1, 0.15) is 0 Å². The summed E-state index contributed by atoms with van der Waals surface area (Å²) in [4.78, 5) is 0. The predicted octanol–water partition coefficient (Wildman–Crippen LogP) is 3.89. The summed E-state index contributed by atoms with van der Waals surface area (Å²) in [6, 6.07) is 3.51. The van der Waals surface area contributed by atoms with Gasteiger partial charge >= 0.3 is 6.18 Å². The number of hydrogen-bond acceptors (Lipinski definition) is 3. The van der Waals surface area contributed by atoms with Crippen LogP contribution in [0.3, 0.4) is 0 Å². The van der Waals surface area contributed by atoms with Crippen molar-refractivity contribution in [3.63, 3.8) is 0 Å². The molecule has 0 radical (unpaired) electrons. The summed E-state index contributed by atoms with van der Waals surface area (Å²) in [7, 11) is 2.86. The van der Waals surface area contributed by atoms with Gasteiger partial charge in [0, 0.05) is 24.4 Å². The van der Waals surface area contributed by atoms with Crippen LogP contribution in [0.15, 0.2) is 22.7 Å². The Hall–Kier alpha value is -0.790. The van der Waals surface area contributed by atoms with Gasteiger partial charge < -0.3 is 14.8 Å². The highest BCUT2D eigenvalue weighted by atomic mass is 79.9. The van der Waals surface area contributed by atoms with E-state index in [2.05, 4.69) is 21.2 Å². The monoisotopic (exact) mass is 341 g/mol. The molecule has 0 saturated heterocycles. The van der Waals surface area contributed by atoms with Crippen LogP contribution in [0.5, 0.6) is 0 Å². The third kappa shape index (κ3) is 4.36. The van der Waals surface area contributed by atoms with Crippen LogP contribution in [0.4, 0.5) is 18.9 Å². The molecular weight excluding hydrogens is 327 g/mol. The molecule has 0 saturated carbocycles. The Kier molecular flexibility index (Phi) is 5.64. The summed E-state index contributed by atoms with van der Waals surface area (Å²) in [6.07, 6.45) is -5.06. The van der Waals surface area contributed by atoms with Crippen LogP contribution < -0.4 is 5.32 Å². The van der Waals surface area contributed by atoms with Crippen LogP contribution in [-0.4, -0.2) is 26.6 Å². The normalized spacial score (nSPS) is 13.7. The highest BCUT2D eigenvalue weighted by Gasteiger charge is 2.34. The van der Waals surface area contributed by atoms with Crippen LogP contribution in [0.25, 0.3) is 0 Å². The Balaban J connectivity index is 3.01. The van der Waals surface area contributed by atoms with E-state index in [1.54, 1.807) is 13.0 Å². The molecule has 1 rings (SSSR count). The van der Waals surface area contributed by atoms with E-state index in [0.29, 0.717) is 4.47 Å². The number of anilines is 1. The van der Waals surface area contributed by atoms with Crippen LogP contribution >= 0.6 is 15.9 Å². The van der Waals surface area contributed by atoms with Crippen LogP contribution in [0.2, 0.25) is 0 Å². The molecule has 108 valence electrons. The second-order valence-corrected chi connectivity index (χ2v) is 4.88. The molecule has 0 bridgehead atoms. The Morgan fingerprint density at radius 2 is 1.79 bits per heavy atom. The number of rotatable bonds is 5. The lowest BCUT2D eigenvalue weighted by Gasteiger charge is -2.25. The third-order valence-corrected chi connectivity index (χ3v) is 3.04. The number of hydrogen-bond donors (Lipinski definition) is 1. The lowest BCUT2D eigenvalue weighted by atomic mass is 10.1. The zero-order valence-electron chi connectivity index (χ0n) is 10.7. The number of nitrogens with one attached hydrogen (secondary N) is 1. The van der Waals surface area contributed by atoms with Crippen LogP contribution in [-0.2, 0) is 15.7 Å². The predicted molar refractivity (Wildman–Crippen MR) is 70.0 cm³/mol. The van der Waals surface area contributed by atoms with Gasteiger partial charge in [-0.2, -0.15) is 13.2 Å². The molecule has 0 aliphatic carbocycles. The van der Waals surface area contributed by atoms with E-state index in [0.717, 1.165) is 6.07 Å². The Bertz CT molecular complexity index is 422. The summed E-state index contributed by atoms with van der Waals surface area (Å²) < 4.78 is 49.1. The highest BCUT2D eigenvalue weighted by molar-refractivity contribution is 9.10. The molecule has 7 heteroatoms. The van der Waals surface area contributed by atoms with Crippen molar-refractivity contribution in [2.75, 3.05) is 19.5 Å². The van der Waals surface area contributed by atoms with Gasteiger partial charge in [-0.25, -0.2) is 0 Å². The molecule has 0 heterocycles. The van der Waals surface area contributed by atoms with Gasteiger partial charge in [-0.1, -0.05) is 15.9 Å². The molecule has 1 unspecified atom stereocenters. The molecule has 0 aromatic heterocycles. The van der Waals surface area contributed by atoms with Crippen molar-refractivity contribution in [2.24, 2.45) is 0 Å². The molecule has 0 aliphatic rings. The topological polar surface area (TPSA) is 30.5 Å². The number of alkyl halides is 3. The number of halogens is 4. The number of methoxy groups -OCH3 is 2. The molecule has 0 fully saturated rings. The summed E-state index contributed by atoms with van der Waals surface area (Å²) >= 11 is 3.03. The minimum absolute atomic E-state index is 0.0118. The van der Waals surface area contributed by atoms with E-state index in [1.165, 1.54) is 20.3 Å². The summed E-state index contributed by atoms with van der Waals surface area (Å²) in [5, 5.41) is 2.76. The maximum atomic E-state index is 12.9. The molecule has 0 spiro atoms. The fourth-order valence-corrected chi connectivity index (χ4v) is 2.06.